The molecule has 0 fully saturated rings. The molecule has 126 valence electrons. The topological polar surface area (TPSA) is 65.8 Å². The highest BCUT2D eigenvalue weighted by Gasteiger charge is 2.47. The molecule has 0 amide bonds. The van der Waals surface area contributed by atoms with Crippen molar-refractivity contribution in [3.05, 3.63) is 60.2 Å². The van der Waals surface area contributed by atoms with Gasteiger partial charge < -0.3 is 14.2 Å². The number of hydrogen-bond acceptors (Lipinski definition) is 6. The van der Waals surface area contributed by atoms with Gasteiger partial charge in [0.25, 0.3) is 0 Å². The van der Waals surface area contributed by atoms with Crippen LogP contribution < -0.4 is 14.2 Å². The van der Waals surface area contributed by atoms with E-state index in [1.807, 2.05) is 42.9 Å². The number of aromatic nitrogens is 2. The Morgan fingerprint density at radius 1 is 0.923 bits per heavy atom. The summed E-state index contributed by atoms with van der Waals surface area (Å²) < 4.78 is 17.1. The summed E-state index contributed by atoms with van der Waals surface area (Å²) in [6.45, 7) is 0.731. The Labute approximate surface area is 149 Å². The second-order valence-corrected chi connectivity index (χ2v) is 6.55. The molecule has 1 unspecified atom stereocenters. The Morgan fingerprint density at radius 3 is 2.65 bits per heavy atom. The lowest BCUT2D eigenvalue weighted by atomic mass is 9.75. The molecule has 0 radical (unpaired) electrons. The second kappa shape index (κ2) is 4.82. The molecule has 0 aliphatic carbocycles. The summed E-state index contributed by atoms with van der Waals surface area (Å²) in [5, 5.41) is 0. The van der Waals surface area contributed by atoms with E-state index in [1.165, 1.54) is 6.33 Å². The maximum absolute atomic E-state index is 6.05. The molecule has 6 nitrogen and oxygen atoms in total. The zero-order valence-corrected chi connectivity index (χ0v) is 13.7. The number of fused-ring (bicyclic) bond motifs is 5. The fourth-order valence-corrected chi connectivity index (χ4v) is 4.01. The molecule has 6 rings (SSSR count). The van der Waals surface area contributed by atoms with E-state index in [4.69, 9.17) is 19.2 Å². The number of hydrogen-bond donors (Lipinski definition) is 0. The summed E-state index contributed by atoms with van der Waals surface area (Å²) in [5.74, 6) is 2.28. The highest BCUT2D eigenvalue weighted by atomic mass is 16.7. The largest absolute Gasteiger partial charge is 0.491 e. The van der Waals surface area contributed by atoms with Gasteiger partial charge in [0.05, 0.1) is 11.1 Å². The highest BCUT2D eigenvalue weighted by molar-refractivity contribution is 5.96. The van der Waals surface area contributed by atoms with Gasteiger partial charge in [-0.25, -0.2) is 9.97 Å². The van der Waals surface area contributed by atoms with Crippen molar-refractivity contribution < 1.29 is 14.2 Å². The first-order valence-electron chi connectivity index (χ1n) is 8.36. The smallest absolute Gasteiger partial charge is 0.231 e. The van der Waals surface area contributed by atoms with E-state index in [-0.39, 0.29) is 6.79 Å². The fraction of sp³-hybridized carbons (Fsp3) is 0.150. The van der Waals surface area contributed by atoms with Crippen LogP contribution in [-0.4, -0.2) is 29.6 Å². The van der Waals surface area contributed by atoms with Crippen molar-refractivity contribution in [1.29, 1.82) is 0 Å². The minimum absolute atomic E-state index is 0.239. The minimum Gasteiger partial charge on any atom is -0.491 e. The molecule has 3 aromatic rings. The average Bonchev–Trinajstić information content (AvgIpc) is 3.39. The fourth-order valence-electron chi connectivity index (χ4n) is 4.01. The van der Waals surface area contributed by atoms with Gasteiger partial charge in [-0.2, -0.15) is 0 Å². The maximum Gasteiger partial charge on any atom is 0.231 e. The van der Waals surface area contributed by atoms with Gasteiger partial charge in [0.1, 0.15) is 18.7 Å². The van der Waals surface area contributed by atoms with Crippen molar-refractivity contribution in [2.24, 2.45) is 4.99 Å². The summed E-state index contributed by atoms with van der Waals surface area (Å²) in [7, 11) is 0. The molecule has 4 heterocycles. The normalized spacial score (nSPS) is 20.9. The monoisotopic (exact) mass is 343 g/mol. The van der Waals surface area contributed by atoms with E-state index in [2.05, 4.69) is 16.0 Å². The molecule has 0 N–H and O–H groups in total. The molecule has 2 aromatic carbocycles. The van der Waals surface area contributed by atoms with E-state index < -0.39 is 5.41 Å². The summed E-state index contributed by atoms with van der Waals surface area (Å²) in [5.41, 5.74) is 4.69. The van der Waals surface area contributed by atoms with Gasteiger partial charge in [0.15, 0.2) is 11.5 Å². The number of rotatable bonds is 1. The van der Waals surface area contributed by atoms with Crippen molar-refractivity contribution in [1.82, 2.24) is 9.97 Å². The van der Waals surface area contributed by atoms with Gasteiger partial charge in [-0.1, -0.05) is 12.1 Å². The van der Waals surface area contributed by atoms with E-state index in [1.54, 1.807) is 0 Å². The third kappa shape index (κ3) is 1.68. The molecule has 0 saturated heterocycles. The molecule has 3 aliphatic rings. The zero-order chi connectivity index (χ0) is 17.1. The molecular formula is C20H13N3O3. The van der Waals surface area contributed by atoms with Crippen molar-refractivity contribution in [3.63, 3.8) is 0 Å². The van der Waals surface area contributed by atoms with Crippen LogP contribution in [0.3, 0.4) is 0 Å². The van der Waals surface area contributed by atoms with Gasteiger partial charge in [-0.15, -0.1) is 0 Å². The van der Waals surface area contributed by atoms with Crippen LogP contribution in [0, 0.1) is 0 Å². The Kier molecular flexibility index (Phi) is 2.56. The quantitative estimate of drug-likeness (QED) is 0.678. The van der Waals surface area contributed by atoms with Gasteiger partial charge in [0.2, 0.25) is 6.79 Å². The van der Waals surface area contributed by atoms with Crippen LogP contribution in [0.2, 0.25) is 0 Å². The van der Waals surface area contributed by atoms with Crippen LogP contribution in [0.4, 0.5) is 5.69 Å². The molecule has 0 saturated carbocycles. The summed E-state index contributed by atoms with van der Waals surface area (Å²) in [6, 6.07) is 10.0. The van der Waals surface area contributed by atoms with Crippen molar-refractivity contribution >= 4 is 11.9 Å². The lowest BCUT2D eigenvalue weighted by Crippen LogP contribution is -2.29. The first-order chi connectivity index (χ1) is 12.9. The summed E-state index contributed by atoms with van der Waals surface area (Å²) in [6.07, 6.45) is 7.17. The summed E-state index contributed by atoms with van der Waals surface area (Å²) >= 11 is 0. The van der Waals surface area contributed by atoms with Crippen LogP contribution in [0.1, 0.15) is 11.1 Å². The Morgan fingerprint density at radius 2 is 1.77 bits per heavy atom. The van der Waals surface area contributed by atoms with Crippen LogP contribution in [0.5, 0.6) is 17.2 Å². The minimum atomic E-state index is -0.446. The van der Waals surface area contributed by atoms with E-state index >= 15 is 0 Å². The zero-order valence-electron chi connectivity index (χ0n) is 13.7. The average molecular weight is 343 g/mol. The summed E-state index contributed by atoms with van der Waals surface area (Å²) in [4.78, 5) is 13.0. The Bertz CT molecular complexity index is 1080. The lowest BCUT2D eigenvalue weighted by molar-refractivity contribution is 0.173. The van der Waals surface area contributed by atoms with Gasteiger partial charge >= 0.3 is 0 Å². The SMILES string of the molecule is C1=Nc2cccc(-c3cncnc3)c2C12COc1cc3c(cc12)OCO3. The number of nitrogens with zero attached hydrogens (tertiary/aromatic N) is 3. The Balaban J connectivity index is 1.61. The van der Waals surface area contributed by atoms with Gasteiger partial charge in [0, 0.05) is 41.4 Å². The standard InChI is InChI=1S/C20H13N3O3/c1-2-13(12-6-21-10-22-7-12)19-15(3-1)23-8-20(19)9-24-16-5-18-17(4-14(16)20)25-11-26-18/h1-8,10H,9,11H2. The first-order valence-corrected chi connectivity index (χ1v) is 8.36. The first kappa shape index (κ1) is 13.8. The van der Waals surface area contributed by atoms with Crippen LogP contribution in [0.25, 0.3) is 11.1 Å². The molecular weight excluding hydrogens is 330 g/mol. The van der Waals surface area contributed by atoms with Crippen molar-refractivity contribution in [2.75, 3.05) is 13.4 Å². The predicted octanol–water partition coefficient (Wildman–Crippen LogP) is 3.27. The van der Waals surface area contributed by atoms with Gasteiger partial charge in [-0.3, -0.25) is 4.99 Å². The van der Waals surface area contributed by atoms with Crippen LogP contribution in [0.15, 0.2) is 54.0 Å². The maximum atomic E-state index is 6.05. The number of ether oxygens (including phenoxy) is 3. The molecule has 26 heavy (non-hydrogen) atoms. The number of benzene rings is 2. The predicted molar refractivity (Wildman–Crippen MR) is 94.5 cm³/mol. The molecule has 0 bridgehead atoms. The molecule has 1 atom stereocenters. The lowest BCUT2D eigenvalue weighted by Gasteiger charge is -2.23. The Hall–Kier alpha value is -3.41. The number of aliphatic imine (C=N–C) groups is 1. The molecule has 1 aromatic heterocycles. The van der Waals surface area contributed by atoms with Gasteiger partial charge in [-0.05, 0) is 17.7 Å². The highest BCUT2D eigenvalue weighted by Crippen LogP contribution is 2.54. The van der Waals surface area contributed by atoms with E-state index in [0.717, 1.165) is 45.2 Å². The van der Waals surface area contributed by atoms with Crippen molar-refractivity contribution in [2.45, 2.75) is 5.41 Å². The van der Waals surface area contributed by atoms with Crippen LogP contribution >= 0.6 is 0 Å². The third-order valence-electron chi connectivity index (χ3n) is 5.19. The second-order valence-electron chi connectivity index (χ2n) is 6.55. The van der Waals surface area contributed by atoms with Crippen molar-refractivity contribution in [3.8, 4) is 28.4 Å². The molecule has 3 aliphatic heterocycles. The van der Waals surface area contributed by atoms with Crippen LogP contribution in [-0.2, 0) is 5.41 Å². The third-order valence-corrected chi connectivity index (χ3v) is 5.19. The molecule has 6 heteroatoms. The molecule has 1 spiro atoms. The van der Waals surface area contributed by atoms with E-state index in [9.17, 15) is 0 Å². The van der Waals surface area contributed by atoms with E-state index in [0.29, 0.717) is 6.61 Å².